The maximum atomic E-state index is 11.2. The molecule has 0 aromatic carbocycles. The van der Waals surface area contributed by atoms with E-state index in [0.717, 1.165) is 0 Å². The van der Waals surface area contributed by atoms with Crippen LogP contribution in [0.5, 0.6) is 0 Å². The molecule has 0 saturated carbocycles. The van der Waals surface area contributed by atoms with Gasteiger partial charge in [0, 0.05) is 12.8 Å². The van der Waals surface area contributed by atoms with Crippen molar-refractivity contribution in [3.63, 3.8) is 0 Å². The zero-order chi connectivity index (χ0) is 7.49. The standard InChI is InChI=1S/C6H15O2P/c1-5-9(4,7)8-6(2)3/h6H,5H2,1-4H3. The molecule has 0 radical (unpaired) electrons. The monoisotopic (exact) mass is 150 g/mol. The van der Waals surface area contributed by atoms with Crippen LogP contribution in [0, 0.1) is 0 Å². The SMILES string of the molecule is CCP(C)(=O)OC(C)C. The van der Waals surface area contributed by atoms with Crippen molar-refractivity contribution >= 4 is 7.37 Å². The lowest BCUT2D eigenvalue weighted by molar-refractivity contribution is 0.247. The van der Waals surface area contributed by atoms with E-state index in [-0.39, 0.29) is 6.10 Å². The maximum Gasteiger partial charge on any atom is 0.200 e. The highest BCUT2D eigenvalue weighted by molar-refractivity contribution is 7.58. The van der Waals surface area contributed by atoms with E-state index in [1.165, 1.54) is 0 Å². The van der Waals surface area contributed by atoms with Crippen LogP contribution in [-0.4, -0.2) is 18.9 Å². The Morgan fingerprint density at radius 2 is 2.00 bits per heavy atom. The molecule has 0 amide bonds. The lowest BCUT2D eigenvalue weighted by Gasteiger charge is -2.13. The first-order chi connectivity index (χ1) is 3.98. The first-order valence-corrected chi connectivity index (χ1v) is 5.48. The van der Waals surface area contributed by atoms with Crippen LogP contribution in [0.1, 0.15) is 20.8 Å². The van der Waals surface area contributed by atoms with Gasteiger partial charge in [-0.1, -0.05) is 6.92 Å². The van der Waals surface area contributed by atoms with Crippen LogP contribution in [0.3, 0.4) is 0 Å². The second kappa shape index (κ2) is 3.38. The topological polar surface area (TPSA) is 26.3 Å². The van der Waals surface area contributed by atoms with E-state index in [1.807, 2.05) is 20.8 Å². The average Bonchev–Trinajstić information content (AvgIpc) is 1.63. The molecule has 0 aliphatic heterocycles. The summed E-state index contributed by atoms with van der Waals surface area (Å²) < 4.78 is 16.3. The Labute approximate surface area is 57.1 Å². The number of hydrogen-bond acceptors (Lipinski definition) is 2. The summed E-state index contributed by atoms with van der Waals surface area (Å²) in [7, 11) is -2.23. The summed E-state index contributed by atoms with van der Waals surface area (Å²) >= 11 is 0. The Hall–Kier alpha value is 0.190. The van der Waals surface area contributed by atoms with E-state index in [0.29, 0.717) is 6.16 Å². The van der Waals surface area contributed by atoms with Crippen molar-refractivity contribution in [2.75, 3.05) is 12.8 Å². The molecule has 0 aromatic heterocycles. The lowest BCUT2D eigenvalue weighted by atomic mass is 10.5. The van der Waals surface area contributed by atoms with Crippen LogP contribution >= 0.6 is 7.37 Å². The van der Waals surface area contributed by atoms with Crippen molar-refractivity contribution in [1.82, 2.24) is 0 Å². The normalized spacial score (nSPS) is 17.9. The molecule has 2 nitrogen and oxygen atoms in total. The molecule has 0 N–H and O–H groups in total. The molecule has 56 valence electrons. The summed E-state index contributed by atoms with van der Waals surface area (Å²) in [6, 6.07) is 0. The average molecular weight is 150 g/mol. The van der Waals surface area contributed by atoms with Crippen molar-refractivity contribution in [3.05, 3.63) is 0 Å². The van der Waals surface area contributed by atoms with Crippen LogP contribution in [0.2, 0.25) is 0 Å². The lowest BCUT2D eigenvalue weighted by Crippen LogP contribution is -2.00. The van der Waals surface area contributed by atoms with Crippen molar-refractivity contribution in [3.8, 4) is 0 Å². The third-order valence-corrected chi connectivity index (χ3v) is 3.02. The van der Waals surface area contributed by atoms with Crippen molar-refractivity contribution in [2.24, 2.45) is 0 Å². The van der Waals surface area contributed by atoms with Gasteiger partial charge in [-0.15, -0.1) is 0 Å². The molecule has 0 aliphatic carbocycles. The minimum Gasteiger partial charge on any atom is -0.326 e. The van der Waals surface area contributed by atoms with E-state index in [2.05, 4.69) is 0 Å². The van der Waals surface area contributed by atoms with E-state index >= 15 is 0 Å². The number of rotatable bonds is 3. The molecule has 0 spiro atoms. The molecule has 0 aromatic rings. The van der Waals surface area contributed by atoms with Gasteiger partial charge in [-0.3, -0.25) is 4.57 Å². The summed E-state index contributed by atoms with van der Waals surface area (Å²) in [5, 5.41) is 0. The second-order valence-electron chi connectivity index (χ2n) is 2.48. The molecular weight excluding hydrogens is 135 g/mol. The first-order valence-electron chi connectivity index (χ1n) is 3.23. The third kappa shape index (κ3) is 4.68. The van der Waals surface area contributed by atoms with Crippen LogP contribution < -0.4 is 0 Å². The predicted octanol–water partition coefficient (Wildman–Crippen LogP) is 2.34. The van der Waals surface area contributed by atoms with Gasteiger partial charge in [-0.2, -0.15) is 0 Å². The highest BCUT2D eigenvalue weighted by atomic mass is 31.2. The van der Waals surface area contributed by atoms with Gasteiger partial charge in [-0.25, -0.2) is 0 Å². The van der Waals surface area contributed by atoms with E-state index in [1.54, 1.807) is 6.66 Å². The molecule has 0 fully saturated rings. The number of hydrogen-bond donors (Lipinski definition) is 0. The fourth-order valence-electron chi connectivity index (χ4n) is 0.520. The molecule has 0 bridgehead atoms. The Bertz CT molecular complexity index is 120. The van der Waals surface area contributed by atoms with Gasteiger partial charge in [0.2, 0.25) is 0 Å². The quantitative estimate of drug-likeness (QED) is 0.577. The molecule has 9 heavy (non-hydrogen) atoms. The third-order valence-electron chi connectivity index (χ3n) is 1.01. The Balaban J connectivity index is 3.73. The van der Waals surface area contributed by atoms with Gasteiger partial charge in [0.05, 0.1) is 6.10 Å². The largest absolute Gasteiger partial charge is 0.326 e. The summed E-state index contributed by atoms with van der Waals surface area (Å²) in [6.45, 7) is 7.34. The van der Waals surface area contributed by atoms with E-state index < -0.39 is 7.37 Å². The predicted molar refractivity (Wildman–Crippen MR) is 40.3 cm³/mol. The molecule has 0 aliphatic rings. The molecule has 0 saturated heterocycles. The second-order valence-corrected chi connectivity index (χ2v) is 5.36. The van der Waals surface area contributed by atoms with Crippen LogP contribution in [0.25, 0.3) is 0 Å². The Morgan fingerprint density at radius 1 is 1.56 bits per heavy atom. The summed E-state index contributed by atoms with van der Waals surface area (Å²) in [6.07, 6.45) is 0.714. The van der Waals surface area contributed by atoms with Crippen molar-refractivity contribution < 1.29 is 9.09 Å². The molecule has 0 heterocycles. The van der Waals surface area contributed by atoms with Gasteiger partial charge in [0.25, 0.3) is 0 Å². The van der Waals surface area contributed by atoms with Crippen molar-refractivity contribution in [1.29, 1.82) is 0 Å². The fourth-order valence-corrected chi connectivity index (χ4v) is 1.56. The Kier molecular flexibility index (Phi) is 3.45. The van der Waals surface area contributed by atoms with Gasteiger partial charge in [0.15, 0.2) is 7.37 Å². The van der Waals surface area contributed by atoms with E-state index in [4.69, 9.17) is 4.52 Å². The minimum atomic E-state index is -2.23. The van der Waals surface area contributed by atoms with Crippen LogP contribution in [0.4, 0.5) is 0 Å². The fraction of sp³-hybridized carbons (Fsp3) is 1.00. The van der Waals surface area contributed by atoms with Crippen molar-refractivity contribution in [2.45, 2.75) is 26.9 Å². The maximum absolute atomic E-state index is 11.2. The smallest absolute Gasteiger partial charge is 0.200 e. The summed E-state index contributed by atoms with van der Waals surface area (Å²) in [5.41, 5.74) is 0. The highest BCUT2D eigenvalue weighted by Crippen LogP contribution is 2.42. The molecule has 3 heteroatoms. The highest BCUT2D eigenvalue weighted by Gasteiger charge is 2.13. The Morgan fingerprint density at radius 3 is 2.11 bits per heavy atom. The summed E-state index contributed by atoms with van der Waals surface area (Å²) in [5.74, 6) is 0. The minimum absolute atomic E-state index is 0.0841. The van der Waals surface area contributed by atoms with Crippen LogP contribution in [0.15, 0.2) is 0 Å². The molecule has 1 atom stereocenters. The van der Waals surface area contributed by atoms with Gasteiger partial charge in [0.1, 0.15) is 0 Å². The molecule has 1 unspecified atom stereocenters. The zero-order valence-electron chi connectivity index (χ0n) is 6.55. The van der Waals surface area contributed by atoms with Gasteiger partial charge >= 0.3 is 0 Å². The van der Waals surface area contributed by atoms with Crippen LogP contribution in [-0.2, 0) is 9.09 Å². The summed E-state index contributed by atoms with van der Waals surface area (Å²) in [4.78, 5) is 0. The van der Waals surface area contributed by atoms with Gasteiger partial charge in [-0.05, 0) is 13.8 Å². The van der Waals surface area contributed by atoms with Gasteiger partial charge < -0.3 is 4.52 Å². The zero-order valence-corrected chi connectivity index (χ0v) is 7.44. The molecule has 0 rings (SSSR count). The molecular formula is C6H15O2P. The first kappa shape index (κ1) is 9.19. The van der Waals surface area contributed by atoms with E-state index in [9.17, 15) is 4.57 Å².